The third-order valence-corrected chi connectivity index (χ3v) is 3.41. The maximum absolute atomic E-state index is 12.3. The van der Waals surface area contributed by atoms with Crippen molar-refractivity contribution in [2.45, 2.75) is 52.1 Å². The van der Waals surface area contributed by atoms with Gasteiger partial charge in [0.15, 0.2) is 0 Å². The molecule has 0 aliphatic carbocycles. The summed E-state index contributed by atoms with van der Waals surface area (Å²) in [6.07, 6.45) is 4.09. The number of rotatable bonds is 8. The first-order valence-electron chi connectivity index (χ1n) is 7.38. The molecule has 1 rings (SSSR count). The Morgan fingerprint density at radius 3 is 2.80 bits per heavy atom. The van der Waals surface area contributed by atoms with Gasteiger partial charge in [-0.2, -0.15) is 0 Å². The summed E-state index contributed by atoms with van der Waals surface area (Å²) in [5, 5.41) is 11.5. The van der Waals surface area contributed by atoms with Crippen molar-refractivity contribution in [2.24, 2.45) is 16.8 Å². The van der Waals surface area contributed by atoms with E-state index in [0.717, 1.165) is 25.9 Å². The predicted molar refractivity (Wildman–Crippen MR) is 77.7 cm³/mol. The molecule has 0 spiro atoms. The molecule has 0 radical (unpaired) electrons. The second-order valence-electron chi connectivity index (χ2n) is 5.75. The summed E-state index contributed by atoms with van der Waals surface area (Å²) in [6, 6.07) is 0. The molecule has 0 saturated carbocycles. The minimum atomic E-state index is 0.125. The molecule has 6 nitrogen and oxygen atoms in total. The van der Waals surface area contributed by atoms with Crippen molar-refractivity contribution in [3.05, 3.63) is 0 Å². The van der Waals surface area contributed by atoms with Gasteiger partial charge in [-0.1, -0.05) is 19.0 Å². The molecule has 116 valence electrons. The van der Waals surface area contributed by atoms with Crippen LogP contribution in [0.15, 0.2) is 5.16 Å². The second-order valence-corrected chi connectivity index (χ2v) is 5.75. The van der Waals surface area contributed by atoms with Crippen molar-refractivity contribution in [1.82, 2.24) is 4.90 Å². The Labute approximate surface area is 120 Å². The number of ether oxygens (including phenoxy) is 1. The highest BCUT2D eigenvalue weighted by atomic mass is 16.5. The number of amidine groups is 1. The Bertz CT molecular complexity index is 326. The molecule has 1 aliphatic rings. The van der Waals surface area contributed by atoms with Crippen LogP contribution in [-0.2, 0) is 9.53 Å². The Hall–Kier alpha value is -1.30. The fourth-order valence-electron chi connectivity index (χ4n) is 2.37. The van der Waals surface area contributed by atoms with Crippen LogP contribution in [0.25, 0.3) is 0 Å². The van der Waals surface area contributed by atoms with Crippen LogP contribution in [0.1, 0.15) is 46.0 Å². The van der Waals surface area contributed by atoms with Crippen molar-refractivity contribution >= 4 is 11.7 Å². The molecule has 1 aliphatic heterocycles. The van der Waals surface area contributed by atoms with Gasteiger partial charge < -0.3 is 20.6 Å². The Kier molecular flexibility index (Phi) is 7.36. The first kappa shape index (κ1) is 16.8. The summed E-state index contributed by atoms with van der Waals surface area (Å²) in [7, 11) is 0. The molecule has 6 heteroatoms. The Morgan fingerprint density at radius 1 is 1.50 bits per heavy atom. The van der Waals surface area contributed by atoms with Gasteiger partial charge >= 0.3 is 0 Å². The van der Waals surface area contributed by atoms with Crippen LogP contribution in [-0.4, -0.2) is 47.7 Å². The van der Waals surface area contributed by atoms with Crippen molar-refractivity contribution in [3.63, 3.8) is 0 Å². The van der Waals surface area contributed by atoms with E-state index in [1.165, 1.54) is 0 Å². The van der Waals surface area contributed by atoms with Crippen LogP contribution in [0.5, 0.6) is 0 Å². The van der Waals surface area contributed by atoms with Crippen LogP contribution >= 0.6 is 0 Å². The summed E-state index contributed by atoms with van der Waals surface area (Å²) in [5.74, 6) is 0.680. The van der Waals surface area contributed by atoms with Gasteiger partial charge in [-0.25, -0.2) is 0 Å². The number of hydrogen-bond donors (Lipinski definition) is 2. The molecule has 0 bridgehead atoms. The van der Waals surface area contributed by atoms with Gasteiger partial charge in [0, 0.05) is 32.5 Å². The molecule has 1 atom stereocenters. The summed E-state index contributed by atoms with van der Waals surface area (Å²) >= 11 is 0. The van der Waals surface area contributed by atoms with Gasteiger partial charge in [-0.3, -0.25) is 4.79 Å². The molecule has 20 heavy (non-hydrogen) atoms. The average molecular weight is 285 g/mol. The molecule has 1 unspecified atom stereocenters. The third-order valence-electron chi connectivity index (χ3n) is 3.41. The van der Waals surface area contributed by atoms with Gasteiger partial charge in [-0.15, -0.1) is 0 Å². The molecule has 3 N–H and O–H groups in total. The standard InChI is InChI=1S/C14H27N3O3/c1-11(2)10-17(8-7-13(15)16-19)14(18)6-5-12-4-3-9-20-12/h11-12,19H,3-10H2,1-2H3,(H2,15,16). The first-order chi connectivity index (χ1) is 9.52. The van der Waals surface area contributed by atoms with E-state index in [1.807, 2.05) is 0 Å². The predicted octanol–water partition coefficient (Wildman–Crippen LogP) is 1.57. The number of oxime groups is 1. The summed E-state index contributed by atoms with van der Waals surface area (Å²) < 4.78 is 5.54. The highest BCUT2D eigenvalue weighted by molar-refractivity contribution is 5.81. The van der Waals surface area contributed by atoms with Gasteiger partial charge in [0.05, 0.1) is 6.10 Å². The van der Waals surface area contributed by atoms with Crippen LogP contribution in [0.4, 0.5) is 0 Å². The molecular formula is C14H27N3O3. The first-order valence-corrected chi connectivity index (χ1v) is 7.38. The number of carbonyl (C=O) groups excluding carboxylic acids is 1. The van der Waals surface area contributed by atoms with E-state index >= 15 is 0 Å². The minimum absolute atomic E-state index is 0.125. The Morgan fingerprint density at radius 2 is 2.25 bits per heavy atom. The molecular weight excluding hydrogens is 258 g/mol. The molecule has 1 amide bonds. The normalized spacial score (nSPS) is 19.6. The van der Waals surface area contributed by atoms with Crippen LogP contribution in [0, 0.1) is 5.92 Å². The molecule has 1 fully saturated rings. The van der Waals surface area contributed by atoms with Crippen molar-refractivity contribution in [1.29, 1.82) is 0 Å². The fraction of sp³-hybridized carbons (Fsp3) is 0.857. The second kappa shape index (κ2) is 8.79. The lowest BCUT2D eigenvalue weighted by Gasteiger charge is -2.25. The number of amides is 1. The zero-order valence-electron chi connectivity index (χ0n) is 12.5. The number of hydrogen-bond acceptors (Lipinski definition) is 4. The van der Waals surface area contributed by atoms with E-state index in [0.29, 0.717) is 31.8 Å². The van der Waals surface area contributed by atoms with Gasteiger partial charge in [0.1, 0.15) is 5.84 Å². The lowest BCUT2D eigenvalue weighted by Crippen LogP contribution is -2.37. The number of nitrogens with zero attached hydrogens (tertiary/aromatic N) is 2. The van der Waals surface area contributed by atoms with E-state index in [9.17, 15) is 4.79 Å². The van der Waals surface area contributed by atoms with Gasteiger partial charge in [-0.05, 0) is 25.2 Å². The van der Waals surface area contributed by atoms with E-state index in [-0.39, 0.29) is 17.8 Å². The van der Waals surface area contributed by atoms with E-state index in [4.69, 9.17) is 15.7 Å². The lowest BCUT2D eigenvalue weighted by molar-refractivity contribution is -0.132. The molecule has 0 aromatic carbocycles. The van der Waals surface area contributed by atoms with E-state index < -0.39 is 0 Å². The maximum Gasteiger partial charge on any atom is 0.222 e. The van der Waals surface area contributed by atoms with Gasteiger partial charge in [0.25, 0.3) is 0 Å². The lowest BCUT2D eigenvalue weighted by atomic mass is 10.1. The highest BCUT2D eigenvalue weighted by Crippen LogP contribution is 2.17. The number of nitrogens with two attached hydrogens (primary N) is 1. The fourth-order valence-corrected chi connectivity index (χ4v) is 2.37. The molecule has 0 aromatic rings. The molecule has 0 aromatic heterocycles. The summed E-state index contributed by atoms with van der Waals surface area (Å²) in [4.78, 5) is 14.1. The summed E-state index contributed by atoms with van der Waals surface area (Å²) in [5.41, 5.74) is 5.47. The molecule has 1 saturated heterocycles. The quantitative estimate of drug-likeness (QED) is 0.307. The van der Waals surface area contributed by atoms with E-state index in [1.54, 1.807) is 4.90 Å². The SMILES string of the molecule is CC(C)CN(CCC(N)=NO)C(=O)CCC1CCCO1. The zero-order chi connectivity index (χ0) is 15.0. The zero-order valence-corrected chi connectivity index (χ0v) is 12.5. The monoisotopic (exact) mass is 285 g/mol. The van der Waals surface area contributed by atoms with E-state index in [2.05, 4.69) is 19.0 Å². The molecule has 1 heterocycles. The smallest absolute Gasteiger partial charge is 0.222 e. The largest absolute Gasteiger partial charge is 0.409 e. The highest BCUT2D eigenvalue weighted by Gasteiger charge is 2.20. The minimum Gasteiger partial charge on any atom is -0.409 e. The van der Waals surface area contributed by atoms with Crippen molar-refractivity contribution in [2.75, 3.05) is 19.7 Å². The maximum atomic E-state index is 12.3. The van der Waals surface area contributed by atoms with Gasteiger partial charge in [0.2, 0.25) is 5.91 Å². The van der Waals surface area contributed by atoms with Crippen LogP contribution in [0.2, 0.25) is 0 Å². The topological polar surface area (TPSA) is 88.1 Å². The van der Waals surface area contributed by atoms with Crippen LogP contribution in [0.3, 0.4) is 0 Å². The third kappa shape index (κ3) is 6.23. The van der Waals surface area contributed by atoms with Crippen molar-refractivity contribution in [3.8, 4) is 0 Å². The number of carbonyl (C=O) groups is 1. The average Bonchev–Trinajstić information content (AvgIpc) is 2.93. The Balaban J connectivity index is 2.41. The van der Waals surface area contributed by atoms with Crippen molar-refractivity contribution < 1.29 is 14.7 Å². The summed E-state index contributed by atoms with van der Waals surface area (Å²) in [6.45, 7) is 6.16. The van der Waals surface area contributed by atoms with Crippen LogP contribution < -0.4 is 5.73 Å².